The molecule has 0 saturated carbocycles. The maximum atomic E-state index is 10.6. The third-order valence-corrected chi connectivity index (χ3v) is 2.04. The molecule has 1 N–H and O–H groups in total. The molecule has 0 heterocycles. The van der Waals surface area contributed by atoms with Gasteiger partial charge in [-0.15, -0.1) is 0 Å². The summed E-state index contributed by atoms with van der Waals surface area (Å²) in [6.07, 6.45) is 0.269. The normalized spacial score (nSPS) is 12.0. The Hall–Kier alpha value is -1.18. The van der Waals surface area contributed by atoms with E-state index in [0.29, 0.717) is 4.90 Å². The molecule has 0 aliphatic carbocycles. The van der Waals surface area contributed by atoms with Gasteiger partial charge >= 0.3 is 0 Å². The van der Waals surface area contributed by atoms with Crippen LogP contribution in [0.15, 0.2) is 29.2 Å². The standard InChI is InChI=1S/C8H7NO2S/c9-5-4-7-2-1-3-8(6-7)12(10)11/h1-3,6H,4H2,(H,10,11). The predicted molar refractivity (Wildman–Crippen MR) is 44.8 cm³/mol. The van der Waals surface area contributed by atoms with Crippen LogP contribution in [0, 0.1) is 11.3 Å². The molecule has 1 aromatic rings. The van der Waals surface area contributed by atoms with E-state index in [1.807, 2.05) is 6.07 Å². The number of rotatable bonds is 2. The number of benzene rings is 1. The van der Waals surface area contributed by atoms with Crippen molar-refractivity contribution in [3.63, 3.8) is 0 Å². The highest BCUT2D eigenvalue weighted by Crippen LogP contribution is 2.08. The molecular formula is C8H7NO2S. The van der Waals surface area contributed by atoms with Crippen molar-refractivity contribution >= 4 is 11.1 Å². The Balaban J connectivity index is 2.97. The summed E-state index contributed by atoms with van der Waals surface area (Å²) in [6, 6.07) is 8.49. The molecular weight excluding hydrogens is 174 g/mol. The van der Waals surface area contributed by atoms with Crippen molar-refractivity contribution in [1.82, 2.24) is 0 Å². The summed E-state index contributed by atoms with van der Waals surface area (Å²) in [5.41, 5.74) is 0.761. The molecule has 1 unspecified atom stereocenters. The van der Waals surface area contributed by atoms with E-state index < -0.39 is 11.1 Å². The maximum absolute atomic E-state index is 10.6. The molecule has 4 heteroatoms. The molecule has 0 bridgehead atoms. The van der Waals surface area contributed by atoms with Gasteiger partial charge in [0.05, 0.1) is 17.4 Å². The van der Waals surface area contributed by atoms with Gasteiger partial charge in [-0.2, -0.15) is 5.26 Å². The quantitative estimate of drug-likeness (QED) is 0.700. The van der Waals surface area contributed by atoms with Gasteiger partial charge in [0.15, 0.2) is 11.1 Å². The Morgan fingerprint density at radius 3 is 2.92 bits per heavy atom. The maximum Gasteiger partial charge on any atom is 0.186 e. The Labute approximate surface area is 72.9 Å². The summed E-state index contributed by atoms with van der Waals surface area (Å²) >= 11 is -1.95. The lowest BCUT2D eigenvalue weighted by molar-refractivity contribution is 0.564. The fourth-order valence-electron chi connectivity index (χ4n) is 0.855. The molecule has 1 aromatic carbocycles. The van der Waals surface area contributed by atoms with Crippen LogP contribution in [0.1, 0.15) is 5.56 Å². The monoisotopic (exact) mass is 181 g/mol. The minimum Gasteiger partial charge on any atom is -0.302 e. The fraction of sp³-hybridized carbons (Fsp3) is 0.125. The van der Waals surface area contributed by atoms with Crippen LogP contribution in [-0.2, 0) is 17.5 Å². The van der Waals surface area contributed by atoms with Crippen molar-refractivity contribution in [2.24, 2.45) is 0 Å². The lowest BCUT2D eigenvalue weighted by Gasteiger charge is -1.96. The first-order chi connectivity index (χ1) is 5.74. The topological polar surface area (TPSA) is 61.1 Å². The molecule has 1 atom stereocenters. The van der Waals surface area contributed by atoms with E-state index in [1.54, 1.807) is 24.3 Å². The third-order valence-electron chi connectivity index (χ3n) is 1.38. The number of hydrogen-bond acceptors (Lipinski definition) is 2. The highest BCUT2D eigenvalue weighted by atomic mass is 32.2. The smallest absolute Gasteiger partial charge is 0.186 e. The lowest BCUT2D eigenvalue weighted by atomic mass is 10.2. The summed E-state index contributed by atoms with van der Waals surface area (Å²) in [7, 11) is 0. The molecule has 1 rings (SSSR count). The van der Waals surface area contributed by atoms with Gasteiger partial charge < -0.3 is 4.55 Å². The summed E-state index contributed by atoms with van der Waals surface area (Å²) < 4.78 is 19.3. The zero-order chi connectivity index (χ0) is 8.97. The van der Waals surface area contributed by atoms with E-state index in [-0.39, 0.29) is 6.42 Å². The van der Waals surface area contributed by atoms with Crippen LogP contribution in [0.3, 0.4) is 0 Å². The summed E-state index contributed by atoms with van der Waals surface area (Å²) in [6.45, 7) is 0. The summed E-state index contributed by atoms with van der Waals surface area (Å²) in [5.74, 6) is 0. The third kappa shape index (κ3) is 2.16. The zero-order valence-electron chi connectivity index (χ0n) is 6.23. The van der Waals surface area contributed by atoms with E-state index in [0.717, 1.165) is 5.56 Å². The second-order valence-electron chi connectivity index (χ2n) is 2.23. The van der Waals surface area contributed by atoms with Crippen molar-refractivity contribution in [2.75, 3.05) is 0 Å². The van der Waals surface area contributed by atoms with Crippen LogP contribution in [0.5, 0.6) is 0 Å². The van der Waals surface area contributed by atoms with Crippen molar-refractivity contribution < 1.29 is 8.76 Å². The van der Waals surface area contributed by atoms with E-state index in [2.05, 4.69) is 0 Å². The molecule has 0 saturated heterocycles. The molecule has 3 nitrogen and oxygen atoms in total. The zero-order valence-corrected chi connectivity index (χ0v) is 7.04. The Morgan fingerprint density at radius 1 is 1.58 bits per heavy atom. The van der Waals surface area contributed by atoms with Gasteiger partial charge in [-0.25, -0.2) is 4.21 Å². The van der Waals surface area contributed by atoms with Gasteiger partial charge in [0.2, 0.25) is 0 Å². The highest BCUT2D eigenvalue weighted by Gasteiger charge is 1.99. The molecule has 0 aliphatic rings. The molecule has 0 aliphatic heterocycles. The largest absolute Gasteiger partial charge is 0.302 e. The lowest BCUT2D eigenvalue weighted by Crippen LogP contribution is -1.89. The highest BCUT2D eigenvalue weighted by molar-refractivity contribution is 7.79. The van der Waals surface area contributed by atoms with E-state index >= 15 is 0 Å². The van der Waals surface area contributed by atoms with Gasteiger partial charge in [0.25, 0.3) is 0 Å². The van der Waals surface area contributed by atoms with Crippen LogP contribution < -0.4 is 0 Å². The van der Waals surface area contributed by atoms with E-state index in [1.165, 1.54) is 0 Å². The molecule has 62 valence electrons. The van der Waals surface area contributed by atoms with E-state index in [4.69, 9.17) is 9.81 Å². The first kappa shape index (κ1) is 8.91. The van der Waals surface area contributed by atoms with Crippen molar-refractivity contribution in [2.45, 2.75) is 11.3 Å². The van der Waals surface area contributed by atoms with Crippen molar-refractivity contribution in [3.8, 4) is 6.07 Å². The number of hydrogen-bond donors (Lipinski definition) is 1. The average Bonchev–Trinajstić information content (AvgIpc) is 2.05. The molecule has 0 spiro atoms. The Kier molecular flexibility index (Phi) is 2.97. The Bertz CT molecular complexity index is 343. The summed E-state index contributed by atoms with van der Waals surface area (Å²) in [5, 5.41) is 8.36. The molecule has 12 heavy (non-hydrogen) atoms. The first-order valence-corrected chi connectivity index (χ1v) is 4.41. The first-order valence-electron chi connectivity index (χ1n) is 3.31. The summed E-state index contributed by atoms with van der Waals surface area (Å²) in [4.78, 5) is 0.336. The molecule has 0 fully saturated rings. The van der Waals surface area contributed by atoms with Crippen molar-refractivity contribution in [1.29, 1.82) is 5.26 Å². The fourth-order valence-corrected chi connectivity index (χ4v) is 1.30. The van der Waals surface area contributed by atoms with Crippen LogP contribution in [0.25, 0.3) is 0 Å². The van der Waals surface area contributed by atoms with E-state index in [9.17, 15) is 4.21 Å². The van der Waals surface area contributed by atoms with Gasteiger partial charge in [-0.3, -0.25) is 0 Å². The SMILES string of the molecule is N#CCc1cccc(S(=O)O)c1. The molecule has 0 amide bonds. The van der Waals surface area contributed by atoms with Crippen LogP contribution in [-0.4, -0.2) is 8.76 Å². The number of nitriles is 1. The number of nitrogens with zero attached hydrogens (tertiary/aromatic N) is 1. The van der Waals surface area contributed by atoms with Gasteiger partial charge in [-0.1, -0.05) is 12.1 Å². The Morgan fingerprint density at radius 2 is 2.33 bits per heavy atom. The van der Waals surface area contributed by atoms with Crippen LogP contribution >= 0.6 is 0 Å². The van der Waals surface area contributed by atoms with Crippen LogP contribution in [0.4, 0.5) is 0 Å². The minimum atomic E-state index is -1.95. The minimum absolute atomic E-state index is 0.269. The van der Waals surface area contributed by atoms with Gasteiger partial charge in [0, 0.05) is 0 Å². The van der Waals surface area contributed by atoms with Gasteiger partial charge in [-0.05, 0) is 17.7 Å². The second kappa shape index (κ2) is 4.00. The molecule has 0 radical (unpaired) electrons. The average molecular weight is 181 g/mol. The van der Waals surface area contributed by atoms with Gasteiger partial charge in [0.1, 0.15) is 0 Å². The molecule has 0 aromatic heterocycles. The van der Waals surface area contributed by atoms with Crippen LogP contribution in [0.2, 0.25) is 0 Å². The predicted octanol–water partition coefficient (Wildman–Crippen LogP) is 1.33. The van der Waals surface area contributed by atoms with Crippen molar-refractivity contribution in [3.05, 3.63) is 29.8 Å². The second-order valence-corrected chi connectivity index (χ2v) is 3.20.